The summed E-state index contributed by atoms with van der Waals surface area (Å²) < 4.78 is 6.43. The van der Waals surface area contributed by atoms with Crippen LogP contribution in [-0.4, -0.2) is 33.8 Å². The predicted octanol–water partition coefficient (Wildman–Crippen LogP) is 2.83. The van der Waals surface area contributed by atoms with Crippen molar-refractivity contribution < 1.29 is 14.3 Å². The molecule has 1 aromatic heterocycles. The summed E-state index contributed by atoms with van der Waals surface area (Å²) in [5.41, 5.74) is 4.03. The van der Waals surface area contributed by atoms with Gasteiger partial charge in [-0.05, 0) is 49.8 Å². The van der Waals surface area contributed by atoms with Crippen molar-refractivity contribution in [2.24, 2.45) is 0 Å². The molecule has 0 saturated carbocycles. The predicted molar refractivity (Wildman–Crippen MR) is 105 cm³/mol. The summed E-state index contributed by atoms with van der Waals surface area (Å²) in [7, 11) is 1.27. The topological polar surface area (TPSA) is 86.1 Å². The normalized spacial score (nSPS) is 11.2. The lowest BCUT2D eigenvalue weighted by atomic mass is 10.1. The summed E-state index contributed by atoms with van der Waals surface area (Å²) in [6.07, 6.45) is 4.61. The third-order valence-electron chi connectivity index (χ3n) is 4.02. The van der Waals surface area contributed by atoms with Gasteiger partial charge in [0.2, 0.25) is 0 Å². The Morgan fingerprint density at radius 3 is 2.32 bits per heavy atom. The molecule has 1 heterocycles. The van der Waals surface area contributed by atoms with Gasteiger partial charge in [-0.1, -0.05) is 29.3 Å². The fourth-order valence-electron chi connectivity index (χ4n) is 2.79. The molecule has 0 aliphatic heterocycles. The van der Waals surface area contributed by atoms with Crippen molar-refractivity contribution in [1.82, 2.24) is 20.1 Å². The molecular formula is C21H20N4O3. The SMILES string of the molecule is COC(=O)C(=Cc1ccc(-n2cncn2)cc1)NC(=O)c1cc(C)cc(C)c1. The molecule has 28 heavy (non-hydrogen) atoms. The van der Waals surface area contributed by atoms with Gasteiger partial charge in [-0.15, -0.1) is 0 Å². The van der Waals surface area contributed by atoms with Gasteiger partial charge in [0.15, 0.2) is 0 Å². The molecule has 1 N–H and O–H groups in total. The summed E-state index contributed by atoms with van der Waals surface area (Å²) in [5, 5.41) is 6.71. The standard InChI is InChI=1S/C21H20N4O3/c1-14-8-15(2)10-17(9-14)20(26)24-19(21(27)28-3)11-16-4-6-18(7-5-16)25-13-22-12-23-25/h4-13H,1-3H3,(H,24,26). The number of amides is 1. The number of rotatable bonds is 5. The van der Waals surface area contributed by atoms with Gasteiger partial charge < -0.3 is 10.1 Å². The maximum atomic E-state index is 12.6. The average Bonchev–Trinajstić information content (AvgIpc) is 3.21. The molecule has 1 amide bonds. The van der Waals surface area contributed by atoms with E-state index in [1.807, 2.05) is 44.2 Å². The van der Waals surface area contributed by atoms with Gasteiger partial charge in [-0.25, -0.2) is 14.5 Å². The van der Waals surface area contributed by atoms with Gasteiger partial charge in [0, 0.05) is 5.56 Å². The van der Waals surface area contributed by atoms with Gasteiger partial charge >= 0.3 is 5.97 Å². The van der Waals surface area contributed by atoms with Crippen LogP contribution in [0.5, 0.6) is 0 Å². The number of esters is 1. The molecule has 0 radical (unpaired) electrons. The van der Waals surface area contributed by atoms with Crippen molar-refractivity contribution in [2.75, 3.05) is 7.11 Å². The second-order valence-corrected chi connectivity index (χ2v) is 6.31. The zero-order valence-electron chi connectivity index (χ0n) is 15.8. The molecule has 7 nitrogen and oxygen atoms in total. The zero-order chi connectivity index (χ0) is 20.1. The first-order valence-electron chi connectivity index (χ1n) is 8.61. The van der Waals surface area contributed by atoms with Crippen LogP contribution in [0.4, 0.5) is 0 Å². The first-order chi connectivity index (χ1) is 13.5. The van der Waals surface area contributed by atoms with Crippen molar-refractivity contribution in [2.45, 2.75) is 13.8 Å². The van der Waals surface area contributed by atoms with Gasteiger partial charge in [0.25, 0.3) is 5.91 Å². The Hall–Kier alpha value is -3.74. The number of hydrogen-bond acceptors (Lipinski definition) is 5. The maximum absolute atomic E-state index is 12.6. The van der Waals surface area contributed by atoms with Gasteiger partial charge in [0.1, 0.15) is 18.4 Å². The van der Waals surface area contributed by atoms with E-state index >= 15 is 0 Å². The Balaban J connectivity index is 1.85. The number of nitrogens with zero attached hydrogens (tertiary/aromatic N) is 3. The van der Waals surface area contributed by atoms with E-state index in [4.69, 9.17) is 4.74 Å². The van der Waals surface area contributed by atoms with Crippen molar-refractivity contribution >= 4 is 18.0 Å². The van der Waals surface area contributed by atoms with Crippen LogP contribution in [0.25, 0.3) is 11.8 Å². The highest BCUT2D eigenvalue weighted by Crippen LogP contribution is 2.13. The fraction of sp³-hybridized carbons (Fsp3) is 0.143. The molecule has 7 heteroatoms. The Labute approximate surface area is 162 Å². The van der Waals surface area contributed by atoms with Crippen LogP contribution in [0.2, 0.25) is 0 Å². The lowest BCUT2D eigenvalue weighted by Crippen LogP contribution is -2.28. The number of hydrogen-bond donors (Lipinski definition) is 1. The molecule has 2 aromatic carbocycles. The van der Waals surface area contributed by atoms with E-state index in [-0.39, 0.29) is 11.6 Å². The third kappa shape index (κ3) is 4.50. The van der Waals surface area contributed by atoms with Crippen molar-refractivity contribution in [3.8, 4) is 5.69 Å². The van der Waals surface area contributed by atoms with Crippen LogP contribution in [0.15, 0.2) is 60.8 Å². The molecule has 0 fully saturated rings. The zero-order valence-corrected chi connectivity index (χ0v) is 15.8. The molecule has 0 spiro atoms. The summed E-state index contributed by atoms with van der Waals surface area (Å²) in [5.74, 6) is -0.999. The highest BCUT2D eigenvalue weighted by Gasteiger charge is 2.15. The number of carbonyl (C=O) groups is 2. The number of aryl methyl sites for hydroxylation is 2. The molecule has 0 atom stereocenters. The number of benzene rings is 2. The van der Waals surface area contributed by atoms with E-state index in [9.17, 15) is 9.59 Å². The van der Waals surface area contributed by atoms with Gasteiger partial charge in [-0.2, -0.15) is 5.10 Å². The smallest absolute Gasteiger partial charge is 0.354 e. The van der Waals surface area contributed by atoms with E-state index in [1.54, 1.807) is 29.2 Å². The molecule has 3 rings (SSSR count). The third-order valence-corrected chi connectivity index (χ3v) is 4.02. The monoisotopic (exact) mass is 376 g/mol. The van der Waals surface area contributed by atoms with Gasteiger partial charge in [-0.3, -0.25) is 4.79 Å². The summed E-state index contributed by atoms with van der Waals surface area (Å²) in [4.78, 5) is 28.7. The van der Waals surface area contributed by atoms with Gasteiger partial charge in [0.05, 0.1) is 12.8 Å². The van der Waals surface area contributed by atoms with Crippen LogP contribution < -0.4 is 5.32 Å². The number of ether oxygens (including phenoxy) is 1. The van der Waals surface area contributed by atoms with Crippen LogP contribution in [0.1, 0.15) is 27.0 Å². The molecule has 0 bridgehead atoms. The second-order valence-electron chi connectivity index (χ2n) is 6.31. The van der Waals surface area contributed by atoms with E-state index in [0.29, 0.717) is 5.56 Å². The Bertz CT molecular complexity index is 1000. The maximum Gasteiger partial charge on any atom is 0.354 e. The average molecular weight is 376 g/mol. The minimum absolute atomic E-state index is 0.0557. The van der Waals surface area contributed by atoms with Crippen molar-refractivity contribution in [3.63, 3.8) is 0 Å². The molecule has 3 aromatic rings. The van der Waals surface area contributed by atoms with Crippen LogP contribution in [0, 0.1) is 13.8 Å². The molecular weight excluding hydrogens is 356 g/mol. The molecule has 0 aliphatic rings. The first-order valence-corrected chi connectivity index (χ1v) is 8.61. The summed E-state index contributed by atoms with van der Waals surface area (Å²) in [6, 6.07) is 12.8. The Morgan fingerprint density at radius 1 is 1.07 bits per heavy atom. The largest absolute Gasteiger partial charge is 0.464 e. The quantitative estimate of drug-likeness (QED) is 0.547. The lowest BCUT2D eigenvalue weighted by molar-refractivity contribution is -0.136. The number of methoxy groups -OCH3 is 1. The highest BCUT2D eigenvalue weighted by atomic mass is 16.5. The Morgan fingerprint density at radius 2 is 1.75 bits per heavy atom. The van der Waals surface area contributed by atoms with E-state index in [1.165, 1.54) is 13.4 Å². The van der Waals surface area contributed by atoms with Crippen LogP contribution >= 0.6 is 0 Å². The summed E-state index contributed by atoms with van der Waals surface area (Å²) in [6.45, 7) is 3.83. The van der Waals surface area contributed by atoms with E-state index in [0.717, 1.165) is 22.4 Å². The van der Waals surface area contributed by atoms with E-state index < -0.39 is 5.97 Å². The fourth-order valence-corrected chi connectivity index (χ4v) is 2.79. The van der Waals surface area contributed by atoms with Crippen molar-refractivity contribution in [3.05, 3.63) is 83.1 Å². The molecule has 0 unspecified atom stereocenters. The molecule has 0 saturated heterocycles. The number of carbonyl (C=O) groups excluding carboxylic acids is 2. The van der Waals surface area contributed by atoms with Crippen molar-refractivity contribution in [1.29, 1.82) is 0 Å². The van der Waals surface area contributed by atoms with E-state index in [2.05, 4.69) is 15.4 Å². The first kappa shape index (κ1) is 19.0. The van der Waals surface area contributed by atoms with Crippen LogP contribution in [0.3, 0.4) is 0 Å². The molecule has 0 aliphatic carbocycles. The highest BCUT2D eigenvalue weighted by molar-refractivity contribution is 6.03. The minimum Gasteiger partial charge on any atom is -0.464 e. The lowest BCUT2D eigenvalue weighted by Gasteiger charge is -2.10. The number of nitrogens with one attached hydrogen (secondary N) is 1. The van der Waals surface area contributed by atoms with Crippen LogP contribution in [-0.2, 0) is 9.53 Å². The second kappa shape index (κ2) is 8.30. The molecule has 142 valence electrons. The number of aromatic nitrogens is 3. The minimum atomic E-state index is -0.627. The summed E-state index contributed by atoms with van der Waals surface area (Å²) >= 11 is 0. The Kier molecular flexibility index (Phi) is 5.64.